The average molecular weight is 287 g/mol. The molecule has 1 fully saturated rings. The standard InChI is InChI=1S/C17H19ClN2/c18-16-5-3-14(4-6-16)15-10-17(11-15)20-9-7-13-2-1-8-19-12-13/h1-6,8,12,15,17,20H,7,9-11H2. The van der Waals surface area contributed by atoms with Crippen molar-refractivity contribution in [2.24, 2.45) is 0 Å². The highest BCUT2D eigenvalue weighted by molar-refractivity contribution is 6.30. The molecule has 0 saturated heterocycles. The molecule has 0 amide bonds. The van der Waals surface area contributed by atoms with Gasteiger partial charge in [0, 0.05) is 23.5 Å². The molecular formula is C17H19ClN2. The number of rotatable bonds is 5. The van der Waals surface area contributed by atoms with Crippen LogP contribution in [0.25, 0.3) is 0 Å². The van der Waals surface area contributed by atoms with Gasteiger partial charge in [-0.15, -0.1) is 0 Å². The van der Waals surface area contributed by atoms with Crippen molar-refractivity contribution < 1.29 is 0 Å². The Hall–Kier alpha value is -1.38. The summed E-state index contributed by atoms with van der Waals surface area (Å²) in [5.74, 6) is 0.697. The first-order chi connectivity index (χ1) is 9.81. The number of benzene rings is 1. The molecule has 3 heteroatoms. The summed E-state index contributed by atoms with van der Waals surface area (Å²) in [6, 6.07) is 13.1. The van der Waals surface area contributed by atoms with E-state index < -0.39 is 0 Å². The van der Waals surface area contributed by atoms with Crippen LogP contribution in [0, 0.1) is 0 Å². The van der Waals surface area contributed by atoms with E-state index in [2.05, 4.69) is 28.5 Å². The molecule has 2 aromatic rings. The first-order valence-electron chi connectivity index (χ1n) is 7.19. The van der Waals surface area contributed by atoms with Crippen LogP contribution in [0.1, 0.15) is 29.9 Å². The van der Waals surface area contributed by atoms with Crippen LogP contribution >= 0.6 is 11.6 Å². The Morgan fingerprint density at radius 2 is 1.95 bits per heavy atom. The SMILES string of the molecule is Clc1ccc(C2CC(NCCc3cccnc3)C2)cc1. The summed E-state index contributed by atoms with van der Waals surface area (Å²) >= 11 is 5.92. The Morgan fingerprint density at radius 1 is 1.15 bits per heavy atom. The third-order valence-corrected chi connectivity index (χ3v) is 4.30. The maximum atomic E-state index is 5.92. The fraction of sp³-hybridized carbons (Fsp3) is 0.353. The molecule has 1 aromatic carbocycles. The number of pyridine rings is 1. The van der Waals surface area contributed by atoms with Gasteiger partial charge in [0.2, 0.25) is 0 Å². The highest BCUT2D eigenvalue weighted by Gasteiger charge is 2.29. The van der Waals surface area contributed by atoms with Crippen LogP contribution < -0.4 is 5.32 Å². The van der Waals surface area contributed by atoms with E-state index in [1.807, 2.05) is 30.6 Å². The maximum absolute atomic E-state index is 5.92. The Morgan fingerprint density at radius 3 is 2.65 bits per heavy atom. The zero-order valence-electron chi connectivity index (χ0n) is 11.4. The smallest absolute Gasteiger partial charge is 0.0406 e. The second-order valence-electron chi connectivity index (χ2n) is 5.48. The second-order valence-corrected chi connectivity index (χ2v) is 5.92. The van der Waals surface area contributed by atoms with Gasteiger partial charge in [-0.25, -0.2) is 0 Å². The molecule has 1 saturated carbocycles. The summed E-state index contributed by atoms with van der Waals surface area (Å²) in [4.78, 5) is 4.14. The van der Waals surface area contributed by atoms with E-state index in [0.29, 0.717) is 12.0 Å². The Labute approximate surface area is 125 Å². The van der Waals surface area contributed by atoms with Crippen molar-refractivity contribution in [3.8, 4) is 0 Å². The number of hydrogen-bond donors (Lipinski definition) is 1. The molecule has 104 valence electrons. The molecule has 0 aliphatic heterocycles. The van der Waals surface area contributed by atoms with Crippen molar-refractivity contribution >= 4 is 11.6 Å². The van der Waals surface area contributed by atoms with Gasteiger partial charge in [-0.05, 0) is 61.1 Å². The van der Waals surface area contributed by atoms with Crippen LogP contribution in [0.5, 0.6) is 0 Å². The fourth-order valence-corrected chi connectivity index (χ4v) is 2.88. The lowest BCUT2D eigenvalue weighted by Crippen LogP contribution is -2.40. The van der Waals surface area contributed by atoms with E-state index in [9.17, 15) is 0 Å². The first-order valence-corrected chi connectivity index (χ1v) is 7.57. The van der Waals surface area contributed by atoms with E-state index in [1.54, 1.807) is 0 Å². The molecule has 1 N–H and O–H groups in total. The number of halogens is 1. The van der Waals surface area contributed by atoms with Gasteiger partial charge < -0.3 is 5.32 Å². The summed E-state index contributed by atoms with van der Waals surface area (Å²) in [6.45, 7) is 1.03. The van der Waals surface area contributed by atoms with Crippen LogP contribution in [0.2, 0.25) is 5.02 Å². The minimum Gasteiger partial charge on any atom is -0.314 e. The number of nitrogens with one attached hydrogen (secondary N) is 1. The van der Waals surface area contributed by atoms with Crippen molar-refractivity contribution in [2.75, 3.05) is 6.54 Å². The number of aromatic nitrogens is 1. The van der Waals surface area contributed by atoms with Gasteiger partial charge in [0.05, 0.1) is 0 Å². The molecule has 1 heterocycles. The van der Waals surface area contributed by atoms with E-state index >= 15 is 0 Å². The van der Waals surface area contributed by atoms with Gasteiger partial charge in [0.25, 0.3) is 0 Å². The van der Waals surface area contributed by atoms with Crippen LogP contribution in [0.15, 0.2) is 48.8 Å². The summed E-state index contributed by atoms with van der Waals surface area (Å²) in [5, 5.41) is 4.44. The molecule has 20 heavy (non-hydrogen) atoms. The topological polar surface area (TPSA) is 24.9 Å². The quantitative estimate of drug-likeness (QED) is 0.904. The lowest BCUT2D eigenvalue weighted by molar-refractivity contribution is 0.293. The monoisotopic (exact) mass is 286 g/mol. The number of hydrogen-bond acceptors (Lipinski definition) is 2. The summed E-state index contributed by atoms with van der Waals surface area (Å²) < 4.78 is 0. The molecule has 0 unspecified atom stereocenters. The predicted octanol–water partition coefficient (Wildman–Crippen LogP) is 3.81. The van der Waals surface area contributed by atoms with Crippen molar-refractivity contribution in [2.45, 2.75) is 31.2 Å². The van der Waals surface area contributed by atoms with Crippen LogP contribution in [0.4, 0.5) is 0 Å². The lowest BCUT2D eigenvalue weighted by atomic mass is 9.76. The molecule has 0 radical (unpaired) electrons. The minimum absolute atomic E-state index is 0.660. The van der Waals surface area contributed by atoms with Gasteiger partial charge in [0.15, 0.2) is 0 Å². The Balaban J connectivity index is 1.39. The van der Waals surface area contributed by atoms with Crippen LogP contribution in [-0.4, -0.2) is 17.6 Å². The van der Waals surface area contributed by atoms with E-state index in [0.717, 1.165) is 18.0 Å². The summed E-state index contributed by atoms with van der Waals surface area (Å²) in [5.41, 5.74) is 2.72. The highest BCUT2D eigenvalue weighted by Crippen LogP contribution is 2.37. The minimum atomic E-state index is 0.660. The molecule has 0 spiro atoms. The summed E-state index contributed by atoms with van der Waals surface area (Å²) in [6.07, 6.45) is 7.28. The Bertz CT molecular complexity index is 533. The van der Waals surface area contributed by atoms with Gasteiger partial charge in [-0.1, -0.05) is 29.8 Å². The molecule has 0 atom stereocenters. The van der Waals surface area contributed by atoms with E-state index in [-0.39, 0.29) is 0 Å². The zero-order valence-corrected chi connectivity index (χ0v) is 12.2. The maximum Gasteiger partial charge on any atom is 0.0406 e. The summed E-state index contributed by atoms with van der Waals surface area (Å²) in [7, 11) is 0. The van der Waals surface area contributed by atoms with Crippen LogP contribution in [-0.2, 0) is 6.42 Å². The molecule has 1 aliphatic rings. The van der Waals surface area contributed by atoms with Gasteiger partial charge in [0.1, 0.15) is 0 Å². The molecule has 1 aromatic heterocycles. The van der Waals surface area contributed by atoms with Gasteiger partial charge >= 0.3 is 0 Å². The average Bonchev–Trinajstić information content (AvgIpc) is 2.44. The largest absolute Gasteiger partial charge is 0.314 e. The predicted molar refractivity (Wildman–Crippen MR) is 83.2 cm³/mol. The molecule has 2 nitrogen and oxygen atoms in total. The third-order valence-electron chi connectivity index (χ3n) is 4.05. The molecular weight excluding hydrogens is 268 g/mol. The van der Waals surface area contributed by atoms with E-state index in [1.165, 1.54) is 24.0 Å². The number of nitrogens with zero attached hydrogens (tertiary/aromatic N) is 1. The zero-order chi connectivity index (χ0) is 13.8. The highest BCUT2D eigenvalue weighted by atomic mass is 35.5. The van der Waals surface area contributed by atoms with Crippen molar-refractivity contribution in [1.29, 1.82) is 0 Å². The lowest BCUT2D eigenvalue weighted by Gasteiger charge is -2.36. The van der Waals surface area contributed by atoms with E-state index in [4.69, 9.17) is 11.6 Å². The Kier molecular flexibility index (Phi) is 4.34. The first kappa shape index (κ1) is 13.6. The second kappa shape index (κ2) is 6.38. The fourth-order valence-electron chi connectivity index (χ4n) is 2.76. The van der Waals surface area contributed by atoms with Crippen LogP contribution in [0.3, 0.4) is 0 Å². The van der Waals surface area contributed by atoms with Crippen molar-refractivity contribution in [3.63, 3.8) is 0 Å². The third kappa shape index (κ3) is 3.38. The molecule has 1 aliphatic carbocycles. The van der Waals surface area contributed by atoms with Crippen molar-refractivity contribution in [1.82, 2.24) is 10.3 Å². The normalized spacial score (nSPS) is 21.4. The molecule has 3 rings (SSSR count). The molecule has 0 bridgehead atoms. The van der Waals surface area contributed by atoms with Gasteiger partial charge in [-0.3, -0.25) is 4.98 Å². The van der Waals surface area contributed by atoms with Crippen molar-refractivity contribution in [3.05, 3.63) is 64.9 Å². The van der Waals surface area contributed by atoms with Gasteiger partial charge in [-0.2, -0.15) is 0 Å².